The Morgan fingerprint density at radius 2 is 2.00 bits per heavy atom. The van der Waals surface area contributed by atoms with E-state index in [2.05, 4.69) is 15.9 Å². The summed E-state index contributed by atoms with van der Waals surface area (Å²) in [7, 11) is 0. The van der Waals surface area contributed by atoms with Gasteiger partial charge in [0.2, 0.25) is 0 Å². The predicted octanol–water partition coefficient (Wildman–Crippen LogP) is 1.98. The van der Waals surface area contributed by atoms with Gasteiger partial charge in [-0.05, 0) is 30.7 Å². The standard InChI is InChI=1S/C7H6BrF.Mg.2H/c1-5-4-6(8)2-3-7(5)9;;;/h2-4H,1H3;;;. The van der Waals surface area contributed by atoms with Crippen LogP contribution in [-0.4, -0.2) is 23.1 Å². The summed E-state index contributed by atoms with van der Waals surface area (Å²) in [5, 5.41) is 0. The summed E-state index contributed by atoms with van der Waals surface area (Å²) in [6, 6.07) is 4.87. The Hall–Kier alpha value is 0.396. The van der Waals surface area contributed by atoms with E-state index in [1.807, 2.05) is 0 Å². The van der Waals surface area contributed by atoms with Crippen molar-refractivity contribution in [1.82, 2.24) is 0 Å². The van der Waals surface area contributed by atoms with Crippen LogP contribution in [0.1, 0.15) is 5.56 Å². The van der Waals surface area contributed by atoms with Gasteiger partial charge in [-0.2, -0.15) is 0 Å². The maximum atomic E-state index is 12.5. The molecule has 0 heterocycles. The maximum Gasteiger partial charge on any atom is 0.316 e. The molecule has 0 amide bonds. The molecule has 10 heavy (non-hydrogen) atoms. The predicted molar refractivity (Wildman–Crippen MR) is 47.4 cm³/mol. The first-order chi connectivity index (χ1) is 4.20. The Bertz CT molecular complexity index is 225. The summed E-state index contributed by atoms with van der Waals surface area (Å²) in [4.78, 5) is 0. The lowest BCUT2D eigenvalue weighted by Gasteiger charge is -1.93. The quantitative estimate of drug-likeness (QED) is 0.581. The molecule has 0 aliphatic carbocycles. The van der Waals surface area contributed by atoms with Crippen LogP contribution in [0.15, 0.2) is 22.7 Å². The minimum Gasteiger partial charge on any atom is -0.207 e. The van der Waals surface area contributed by atoms with Crippen LogP contribution in [0, 0.1) is 12.7 Å². The highest BCUT2D eigenvalue weighted by molar-refractivity contribution is 9.10. The molecule has 0 saturated heterocycles. The van der Waals surface area contributed by atoms with Gasteiger partial charge in [0.05, 0.1) is 0 Å². The summed E-state index contributed by atoms with van der Waals surface area (Å²) in [5.41, 5.74) is 0.671. The van der Waals surface area contributed by atoms with Gasteiger partial charge in [0, 0.05) is 4.47 Å². The fourth-order valence-corrected chi connectivity index (χ4v) is 1.08. The molecule has 1 aromatic carbocycles. The van der Waals surface area contributed by atoms with E-state index in [9.17, 15) is 4.39 Å². The van der Waals surface area contributed by atoms with Crippen LogP contribution in [0.5, 0.6) is 0 Å². The Labute approximate surface area is 84.1 Å². The minimum absolute atomic E-state index is 0. The van der Waals surface area contributed by atoms with E-state index in [-0.39, 0.29) is 28.9 Å². The van der Waals surface area contributed by atoms with Crippen molar-refractivity contribution >= 4 is 39.0 Å². The third-order valence-electron chi connectivity index (χ3n) is 1.12. The molecule has 1 rings (SSSR count). The SMILES string of the molecule is Cc1cc(Br)ccc1F.[MgH2]. The van der Waals surface area contributed by atoms with Crippen LogP contribution >= 0.6 is 15.9 Å². The van der Waals surface area contributed by atoms with Gasteiger partial charge in [0.1, 0.15) is 5.82 Å². The summed E-state index contributed by atoms with van der Waals surface area (Å²) in [5.74, 6) is -0.154. The van der Waals surface area contributed by atoms with Crippen molar-refractivity contribution < 1.29 is 4.39 Å². The zero-order chi connectivity index (χ0) is 6.85. The summed E-state index contributed by atoms with van der Waals surface area (Å²) in [6.45, 7) is 1.74. The molecule has 52 valence electrons. The van der Waals surface area contributed by atoms with Crippen LogP contribution in [0.2, 0.25) is 0 Å². The van der Waals surface area contributed by atoms with Crippen LogP contribution < -0.4 is 0 Å². The third kappa shape index (κ3) is 2.56. The monoisotopic (exact) mass is 214 g/mol. The zero-order valence-electron chi connectivity index (χ0n) is 4.99. The van der Waals surface area contributed by atoms with Crippen molar-refractivity contribution in [1.29, 1.82) is 0 Å². The molecule has 3 heteroatoms. The Kier molecular flexibility index (Phi) is 4.48. The largest absolute Gasteiger partial charge is 0.316 e. The van der Waals surface area contributed by atoms with E-state index in [0.717, 1.165) is 4.47 Å². The lowest BCUT2D eigenvalue weighted by Crippen LogP contribution is -1.78. The van der Waals surface area contributed by atoms with Gasteiger partial charge >= 0.3 is 23.1 Å². The number of benzene rings is 1. The molecule has 0 bridgehead atoms. The number of rotatable bonds is 0. The van der Waals surface area contributed by atoms with E-state index in [0.29, 0.717) is 5.56 Å². The number of hydrogen-bond donors (Lipinski definition) is 0. The Balaban J connectivity index is 0.000000810. The van der Waals surface area contributed by atoms with Crippen LogP contribution in [0.4, 0.5) is 4.39 Å². The topological polar surface area (TPSA) is 0 Å². The van der Waals surface area contributed by atoms with Gasteiger partial charge in [-0.3, -0.25) is 0 Å². The van der Waals surface area contributed by atoms with Gasteiger partial charge in [-0.1, -0.05) is 15.9 Å². The lowest BCUT2D eigenvalue weighted by molar-refractivity contribution is 0.618. The van der Waals surface area contributed by atoms with Crippen molar-refractivity contribution in [2.24, 2.45) is 0 Å². The zero-order valence-corrected chi connectivity index (χ0v) is 6.57. The molecule has 0 N–H and O–H groups in total. The van der Waals surface area contributed by atoms with Gasteiger partial charge in [-0.25, -0.2) is 4.39 Å². The average molecular weight is 215 g/mol. The molecule has 0 aromatic heterocycles. The second-order valence-corrected chi connectivity index (χ2v) is 2.81. The van der Waals surface area contributed by atoms with E-state index >= 15 is 0 Å². The first-order valence-electron chi connectivity index (χ1n) is 2.62. The molecule has 0 saturated carbocycles. The summed E-state index contributed by atoms with van der Waals surface area (Å²) >= 11 is 3.23. The highest BCUT2D eigenvalue weighted by Gasteiger charge is 1.94. The van der Waals surface area contributed by atoms with Crippen molar-refractivity contribution in [2.75, 3.05) is 0 Å². The number of aryl methyl sites for hydroxylation is 1. The molecule has 0 atom stereocenters. The Morgan fingerprint density at radius 3 is 2.40 bits per heavy atom. The first kappa shape index (κ1) is 10.4. The Morgan fingerprint density at radius 1 is 1.40 bits per heavy atom. The second kappa shape index (κ2) is 4.31. The normalized spacial score (nSPS) is 8.70. The molecule has 0 spiro atoms. The number of hydrogen-bond acceptors (Lipinski definition) is 0. The van der Waals surface area contributed by atoms with Crippen LogP contribution in [0.25, 0.3) is 0 Å². The third-order valence-corrected chi connectivity index (χ3v) is 1.61. The molecule has 0 nitrogen and oxygen atoms in total. The highest BCUT2D eigenvalue weighted by Crippen LogP contribution is 2.13. The van der Waals surface area contributed by atoms with Gasteiger partial charge in [0.25, 0.3) is 0 Å². The van der Waals surface area contributed by atoms with Crippen molar-refractivity contribution in [3.63, 3.8) is 0 Å². The molecule has 1 aromatic rings. The highest BCUT2D eigenvalue weighted by atomic mass is 79.9. The van der Waals surface area contributed by atoms with Crippen molar-refractivity contribution in [3.05, 3.63) is 34.1 Å². The molecule has 0 unspecified atom stereocenters. The van der Waals surface area contributed by atoms with Crippen molar-refractivity contribution in [3.8, 4) is 0 Å². The molecule has 0 aliphatic heterocycles. The van der Waals surface area contributed by atoms with Crippen LogP contribution in [0.3, 0.4) is 0 Å². The van der Waals surface area contributed by atoms with Gasteiger partial charge in [-0.15, -0.1) is 0 Å². The van der Waals surface area contributed by atoms with E-state index < -0.39 is 0 Å². The second-order valence-electron chi connectivity index (χ2n) is 1.89. The summed E-state index contributed by atoms with van der Waals surface area (Å²) in [6.07, 6.45) is 0. The molecule has 0 radical (unpaired) electrons. The van der Waals surface area contributed by atoms with Gasteiger partial charge < -0.3 is 0 Å². The molecular formula is C7H8BrFMg. The lowest BCUT2D eigenvalue weighted by atomic mass is 10.2. The van der Waals surface area contributed by atoms with Crippen LogP contribution in [-0.2, 0) is 0 Å². The van der Waals surface area contributed by atoms with E-state index in [1.54, 1.807) is 19.1 Å². The maximum absolute atomic E-state index is 12.5. The van der Waals surface area contributed by atoms with Crippen molar-refractivity contribution in [2.45, 2.75) is 6.92 Å². The fraction of sp³-hybridized carbons (Fsp3) is 0.143. The average Bonchev–Trinajstić information content (AvgIpc) is 1.80. The van der Waals surface area contributed by atoms with E-state index in [1.165, 1.54) is 6.07 Å². The van der Waals surface area contributed by atoms with E-state index in [4.69, 9.17) is 0 Å². The minimum atomic E-state index is -0.154. The fourth-order valence-electron chi connectivity index (χ4n) is 0.608. The van der Waals surface area contributed by atoms with Gasteiger partial charge in [0.15, 0.2) is 0 Å². The molecule has 0 fully saturated rings. The smallest absolute Gasteiger partial charge is 0.207 e. The molecular weight excluding hydrogens is 207 g/mol. The molecule has 0 aliphatic rings. The first-order valence-corrected chi connectivity index (χ1v) is 3.41. The summed E-state index contributed by atoms with van der Waals surface area (Å²) < 4.78 is 13.4. The number of halogens is 2.